The van der Waals surface area contributed by atoms with Crippen molar-refractivity contribution in [3.63, 3.8) is 0 Å². The normalized spacial score (nSPS) is 14.2. The lowest BCUT2D eigenvalue weighted by atomic mass is 10.1. The Kier molecular flexibility index (Phi) is 2.67. The summed E-state index contributed by atoms with van der Waals surface area (Å²) in [6, 6.07) is 4.15. The molecule has 1 aliphatic rings. The van der Waals surface area contributed by atoms with Crippen LogP contribution in [0.5, 0.6) is 11.5 Å². The van der Waals surface area contributed by atoms with Crippen LogP contribution in [0.25, 0.3) is 10.9 Å². The lowest BCUT2D eigenvalue weighted by Crippen LogP contribution is -2.15. The van der Waals surface area contributed by atoms with E-state index in [0.29, 0.717) is 19.8 Å². The fourth-order valence-electron chi connectivity index (χ4n) is 2.70. The van der Waals surface area contributed by atoms with Crippen molar-refractivity contribution < 1.29 is 9.47 Å². The zero-order chi connectivity index (χ0) is 12.7. The van der Waals surface area contributed by atoms with E-state index in [0.717, 1.165) is 17.9 Å². The zero-order valence-electron chi connectivity index (χ0n) is 10.8. The molecule has 18 heavy (non-hydrogen) atoms. The van der Waals surface area contributed by atoms with Gasteiger partial charge in [-0.1, -0.05) is 0 Å². The molecule has 0 atom stereocenters. The van der Waals surface area contributed by atoms with Crippen molar-refractivity contribution >= 4 is 10.9 Å². The fraction of sp³-hybridized carbons (Fsp3) is 0.429. The van der Waals surface area contributed by atoms with E-state index in [2.05, 4.69) is 30.7 Å². The van der Waals surface area contributed by atoms with E-state index in [9.17, 15) is 0 Å². The monoisotopic (exact) mass is 246 g/mol. The van der Waals surface area contributed by atoms with Crippen LogP contribution in [0.15, 0.2) is 12.1 Å². The summed E-state index contributed by atoms with van der Waals surface area (Å²) in [5.41, 5.74) is 9.43. The minimum atomic E-state index is 0.623. The Balaban J connectivity index is 2.24. The van der Waals surface area contributed by atoms with Gasteiger partial charge in [0.15, 0.2) is 11.5 Å². The van der Waals surface area contributed by atoms with Crippen LogP contribution >= 0.6 is 0 Å². The number of nitrogens with zero attached hydrogens (tertiary/aromatic N) is 1. The van der Waals surface area contributed by atoms with Crippen LogP contribution in [0.2, 0.25) is 0 Å². The van der Waals surface area contributed by atoms with E-state index in [-0.39, 0.29) is 0 Å². The first kappa shape index (κ1) is 11.4. The number of rotatable bonds is 2. The third-order valence-electron chi connectivity index (χ3n) is 3.64. The number of hydrogen-bond acceptors (Lipinski definition) is 3. The molecule has 2 heterocycles. The highest BCUT2D eigenvalue weighted by atomic mass is 16.6. The van der Waals surface area contributed by atoms with Gasteiger partial charge >= 0.3 is 0 Å². The molecule has 0 spiro atoms. The lowest BCUT2D eigenvalue weighted by molar-refractivity contribution is 0.172. The predicted molar refractivity (Wildman–Crippen MR) is 71.4 cm³/mol. The van der Waals surface area contributed by atoms with E-state index < -0.39 is 0 Å². The van der Waals surface area contributed by atoms with Crippen LogP contribution < -0.4 is 15.2 Å². The van der Waals surface area contributed by atoms with Crippen LogP contribution in [0.1, 0.15) is 11.3 Å². The second kappa shape index (κ2) is 4.21. The van der Waals surface area contributed by atoms with Crippen molar-refractivity contribution in [1.82, 2.24) is 4.57 Å². The van der Waals surface area contributed by atoms with Crippen LogP contribution in [0.3, 0.4) is 0 Å². The number of nitrogens with two attached hydrogens (primary N) is 1. The first-order chi connectivity index (χ1) is 8.72. The molecule has 4 heteroatoms. The molecule has 0 saturated heterocycles. The number of benzene rings is 1. The Morgan fingerprint density at radius 2 is 1.89 bits per heavy atom. The third-order valence-corrected chi connectivity index (χ3v) is 3.64. The summed E-state index contributed by atoms with van der Waals surface area (Å²) in [7, 11) is 2.08. The quantitative estimate of drug-likeness (QED) is 0.878. The second-order valence-corrected chi connectivity index (χ2v) is 4.68. The fourth-order valence-corrected chi connectivity index (χ4v) is 2.70. The van der Waals surface area contributed by atoms with Crippen LogP contribution in [-0.4, -0.2) is 24.3 Å². The van der Waals surface area contributed by atoms with Crippen molar-refractivity contribution in [2.24, 2.45) is 12.8 Å². The standard InChI is InChI=1S/C14H18N2O2/c1-9-10-7-13-14(18-6-5-17-13)8-12(10)16(2)11(9)3-4-15/h7-8H,3-6,15H2,1-2H3. The van der Waals surface area contributed by atoms with Gasteiger partial charge in [0.1, 0.15) is 13.2 Å². The lowest BCUT2D eigenvalue weighted by Gasteiger charge is -2.18. The van der Waals surface area contributed by atoms with Crippen LogP contribution in [-0.2, 0) is 13.5 Å². The number of aryl methyl sites for hydroxylation is 2. The molecular weight excluding hydrogens is 228 g/mol. The third kappa shape index (κ3) is 1.56. The average Bonchev–Trinajstić information content (AvgIpc) is 2.62. The van der Waals surface area contributed by atoms with Gasteiger partial charge in [0.25, 0.3) is 0 Å². The molecule has 0 bridgehead atoms. The smallest absolute Gasteiger partial charge is 0.163 e. The Hall–Kier alpha value is -1.68. The van der Waals surface area contributed by atoms with Gasteiger partial charge in [0.2, 0.25) is 0 Å². The largest absolute Gasteiger partial charge is 0.486 e. The Labute approximate surface area is 106 Å². The highest BCUT2D eigenvalue weighted by Gasteiger charge is 2.17. The van der Waals surface area contributed by atoms with Crippen LogP contribution in [0.4, 0.5) is 0 Å². The molecule has 0 fully saturated rings. The molecule has 0 unspecified atom stereocenters. The van der Waals surface area contributed by atoms with Crippen molar-refractivity contribution in [3.05, 3.63) is 23.4 Å². The van der Waals surface area contributed by atoms with E-state index >= 15 is 0 Å². The van der Waals surface area contributed by atoms with Gasteiger partial charge in [-0.15, -0.1) is 0 Å². The minimum absolute atomic E-state index is 0.623. The first-order valence-corrected chi connectivity index (χ1v) is 6.30. The molecule has 0 saturated carbocycles. The van der Waals surface area contributed by atoms with E-state index in [4.69, 9.17) is 15.2 Å². The van der Waals surface area contributed by atoms with Gasteiger partial charge < -0.3 is 19.8 Å². The van der Waals surface area contributed by atoms with Gasteiger partial charge in [-0.25, -0.2) is 0 Å². The molecule has 2 aromatic rings. The average molecular weight is 246 g/mol. The molecule has 2 N–H and O–H groups in total. The topological polar surface area (TPSA) is 49.4 Å². The van der Waals surface area contributed by atoms with E-state index in [1.54, 1.807) is 0 Å². The van der Waals surface area contributed by atoms with Gasteiger partial charge in [-0.05, 0) is 25.1 Å². The summed E-state index contributed by atoms with van der Waals surface area (Å²) >= 11 is 0. The summed E-state index contributed by atoms with van der Waals surface area (Å²) in [6.07, 6.45) is 0.892. The molecule has 96 valence electrons. The summed E-state index contributed by atoms with van der Waals surface area (Å²) in [5, 5.41) is 1.23. The summed E-state index contributed by atoms with van der Waals surface area (Å²) in [6.45, 7) is 4.05. The predicted octanol–water partition coefficient (Wildman–Crippen LogP) is 1.76. The van der Waals surface area contributed by atoms with Crippen molar-refractivity contribution in [1.29, 1.82) is 0 Å². The maximum Gasteiger partial charge on any atom is 0.163 e. The Bertz CT molecular complexity index is 553. The molecule has 0 radical (unpaired) electrons. The van der Waals surface area contributed by atoms with Gasteiger partial charge in [-0.2, -0.15) is 0 Å². The number of fused-ring (bicyclic) bond motifs is 2. The Morgan fingerprint density at radius 1 is 1.22 bits per heavy atom. The number of hydrogen-bond donors (Lipinski definition) is 1. The van der Waals surface area contributed by atoms with Crippen molar-refractivity contribution in [3.8, 4) is 11.5 Å². The van der Waals surface area contributed by atoms with E-state index in [1.807, 2.05) is 0 Å². The maximum absolute atomic E-state index is 5.68. The molecule has 4 nitrogen and oxygen atoms in total. The van der Waals surface area contributed by atoms with Crippen LogP contribution in [0, 0.1) is 6.92 Å². The number of ether oxygens (including phenoxy) is 2. The van der Waals surface area contributed by atoms with Crippen molar-refractivity contribution in [2.75, 3.05) is 19.8 Å². The molecule has 0 amide bonds. The maximum atomic E-state index is 5.68. The highest BCUT2D eigenvalue weighted by molar-refractivity contribution is 5.88. The molecule has 0 aliphatic carbocycles. The van der Waals surface area contributed by atoms with Gasteiger partial charge in [0, 0.05) is 30.6 Å². The summed E-state index contributed by atoms with van der Waals surface area (Å²) in [5.74, 6) is 1.69. The molecule has 3 rings (SSSR count). The first-order valence-electron chi connectivity index (χ1n) is 6.30. The molecule has 1 aliphatic heterocycles. The number of aromatic nitrogens is 1. The minimum Gasteiger partial charge on any atom is -0.486 e. The summed E-state index contributed by atoms with van der Waals surface area (Å²) < 4.78 is 13.5. The highest BCUT2D eigenvalue weighted by Crippen LogP contribution is 2.37. The van der Waals surface area contributed by atoms with Gasteiger partial charge in [-0.3, -0.25) is 0 Å². The summed E-state index contributed by atoms with van der Waals surface area (Å²) in [4.78, 5) is 0. The van der Waals surface area contributed by atoms with E-state index in [1.165, 1.54) is 22.2 Å². The SMILES string of the molecule is Cc1c(CCN)n(C)c2cc3c(cc12)OCCO3. The zero-order valence-corrected chi connectivity index (χ0v) is 10.8. The molecule has 1 aromatic heterocycles. The second-order valence-electron chi connectivity index (χ2n) is 4.68. The Morgan fingerprint density at radius 3 is 2.56 bits per heavy atom. The van der Waals surface area contributed by atoms with Crippen molar-refractivity contribution in [2.45, 2.75) is 13.3 Å². The molecular formula is C14H18N2O2. The van der Waals surface area contributed by atoms with Gasteiger partial charge in [0.05, 0.1) is 5.52 Å². The molecule has 1 aromatic carbocycles.